The number of hydrogen-bond donors (Lipinski definition) is 1. The highest BCUT2D eigenvalue weighted by Crippen LogP contribution is 2.35. The number of carbonyl (C=O) groups is 1. The smallest absolute Gasteiger partial charge is 0.366 e. The Morgan fingerprint density at radius 2 is 1.82 bits per heavy atom. The van der Waals surface area contributed by atoms with Crippen molar-refractivity contribution in [3.8, 4) is 0 Å². The number of benzene rings is 1. The Balaban J connectivity index is 1.36. The van der Waals surface area contributed by atoms with Crippen molar-refractivity contribution >= 4 is 27.1 Å². The summed E-state index contributed by atoms with van der Waals surface area (Å²) in [5.74, 6) is -0.207. The van der Waals surface area contributed by atoms with Crippen molar-refractivity contribution in [1.29, 1.82) is 0 Å². The fourth-order valence-corrected chi connectivity index (χ4v) is 6.49. The van der Waals surface area contributed by atoms with Crippen LogP contribution in [0.25, 0.3) is 0 Å². The highest BCUT2D eigenvalue weighted by Gasteiger charge is 2.34. The van der Waals surface area contributed by atoms with Gasteiger partial charge in [-0.2, -0.15) is 18.3 Å². The van der Waals surface area contributed by atoms with Gasteiger partial charge in [0.15, 0.2) is 9.84 Å². The number of piperazine rings is 1. The van der Waals surface area contributed by atoms with Crippen molar-refractivity contribution in [2.75, 3.05) is 54.4 Å². The molecule has 0 radical (unpaired) electrons. The highest BCUT2D eigenvalue weighted by molar-refractivity contribution is 7.91. The quantitative estimate of drug-likeness (QED) is 0.681. The Kier molecular flexibility index (Phi) is 6.65. The summed E-state index contributed by atoms with van der Waals surface area (Å²) in [6.07, 6.45) is -3.98. The largest absolute Gasteiger partial charge is 0.418 e. The van der Waals surface area contributed by atoms with Crippen LogP contribution in [0, 0.1) is 13.8 Å². The van der Waals surface area contributed by atoms with E-state index in [2.05, 4.69) is 15.3 Å². The topological polar surface area (TPSA) is 87.5 Å². The van der Waals surface area contributed by atoms with Crippen LogP contribution in [-0.4, -0.2) is 73.2 Å². The zero-order valence-electron chi connectivity index (χ0n) is 19.1. The monoisotopic (exact) mass is 499 g/mol. The van der Waals surface area contributed by atoms with Gasteiger partial charge in [0.2, 0.25) is 5.91 Å². The van der Waals surface area contributed by atoms with Gasteiger partial charge >= 0.3 is 6.18 Å². The highest BCUT2D eigenvalue weighted by atomic mass is 32.2. The number of nitrogens with zero attached hydrogens (tertiary/aromatic N) is 4. The van der Waals surface area contributed by atoms with Crippen LogP contribution in [0.1, 0.15) is 29.4 Å². The molecule has 12 heteroatoms. The molecule has 34 heavy (non-hydrogen) atoms. The number of aryl methyl sites for hydroxylation is 1. The molecule has 0 saturated carbocycles. The van der Waals surface area contributed by atoms with Gasteiger partial charge in [-0.15, -0.1) is 0 Å². The molecule has 1 N–H and O–H groups in total. The van der Waals surface area contributed by atoms with Crippen molar-refractivity contribution in [3.63, 3.8) is 0 Å². The Morgan fingerprint density at radius 1 is 1.15 bits per heavy atom. The van der Waals surface area contributed by atoms with Gasteiger partial charge < -0.3 is 10.2 Å². The molecular weight excluding hydrogens is 471 g/mol. The average Bonchev–Trinajstić information content (AvgIpc) is 3.26. The van der Waals surface area contributed by atoms with Gasteiger partial charge in [0.1, 0.15) is 0 Å². The Hall–Kier alpha value is -2.60. The predicted molar refractivity (Wildman–Crippen MR) is 123 cm³/mol. The van der Waals surface area contributed by atoms with E-state index in [1.807, 2.05) is 23.4 Å². The zero-order chi connectivity index (χ0) is 24.7. The third kappa shape index (κ3) is 5.22. The molecule has 2 aromatic rings. The molecule has 0 spiro atoms. The molecule has 1 aromatic carbocycles. The molecule has 3 heterocycles. The van der Waals surface area contributed by atoms with Crippen LogP contribution in [0.3, 0.4) is 0 Å². The van der Waals surface area contributed by atoms with Crippen molar-refractivity contribution in [3.05, 3.63) is 41.2 Å². The van der Waals surface area contributed by atoms with Crippen molar-refractivity contribution < 1.29 is 26.4 Å². The molecule has 1 unspecified atom stereocenters. The van der Waals surface area contributed by atoms with Gasteiger partial charge in [0.05, 0.1) is 52.4 Å². The summed E-state index contributed by atoms with van der Waals surface area (Å²) in [5.41, 5.74) is 1.62. The van der Waals surface area contributed by atoms with Crippen LogP contribution < -0.4 is 10.2 Å². The number of hydrogen-bond acceptors (Lipinski definition) is 6. The van der Waals surface area contributed by atoms with Crippen molar-refractivity contribution in [1.82, 2.24) is 14.7 Å². The molecule has 8 nitrogen and oxygen atoms in total. The standard InChI is InChI=1S/C22H28F3N5O3S/c1-15-21(16(2)30(27-15)17-7-12-34(32,33)14-17)29-10-8-28(9-11-29)13-20(31)26-19-6-4-3-5-18(19)22(23,24)25/h3-6,17H,7-14H2,1-2H3,(H,26,31). The molecule has 2 saturated heterocycles. The van der Waals surface area contributed by atoms with E-state index in [4.69, 9.17) is 0 Å². The number of rotatable bonds is 5. The number of nitrogens with one attached hydrogen (secondary N) is 1. The van der Waals surface area contributed by atoms with Crippen LogP contribution >= 0.6 is 0 Å². The lowest BCUT2D eigenvalue weighted by Crippen LogP contribution is -2.49. The Morgan fingerprint density at radius 3 is 2.44 bits per heavy atom. The van der Waals surface area contributed by atoms with E-state index in [1.165, 1.54) is 18.2 Å². The maximum absolute atomic E-state index is 13.2. The van der Waals surface area contributed by atoms with Gasteiger partial charge in [0.25, 0.3) is 0 Å². The number of aromatic nitrogens is 2. The third-order valence-electron chi connectivity index (χ3n) is 6.40. The summed E-state index contributed by atoms with van der Waals surface area (Å²) < 4.78 is 65.1. The summed E-state index contributed by atoms with van der Waals surface area (Å²) in [4.78, 5) is 16.5. The number of alkyl halides is 3. The SMILES string of the molecule is Cc1nn(C2CCS(=O)(=O)C2)c(C)c1N1CCN(CC(=O)Nc2ccccc2C(F)(F)F)CC1. The first-order valence-electron chi connectivity index (χ1n) is 11.1. The number of sulfone groups is 1. The van der Waals surface area contributed by atoms with Gasteiger partial charge in [0, 0.05) is 26.2 Å². The van der Waals surface area contributed by atoms with E-state index in [-0.39, 0.29) is 29.8 Å². The first kappa shape index (κ1) is 24.5. The lowest BCUT2D eigenvalue weighted by atomic mass is 10.1. The zero-order valence-corrected chi connectivity index (χ0v) is 19.9. The molecule has 2 fully saturated rings. The van der Waals surface area contributed by atoms with Gasteiger partial charge in [-0.3, -0.25) is 14.4 Å². The third-order valence-corrected chi connectivity index (χ3v) is 8.15. The Labute approximate surface area is 196 Å². The summed E-state index contributed by atoms with van der Waals surface area (Å²) in [7, 11) is -3.02. The minimum Gasteiger partial charge on any atom is -0.366 e. The second kappa shape index (κ2) is 9.21. The normalized spacial score (nSPS) is 21.1. The molecular formula is C22H28F3N5O3S. The van der Waals surface area contributed by atoms with E-state index in [0.717, 1.165) is 23.1 Å². The van der Waals surface area contributed by atoms with Crippen LogP contribution in [0.4, 0.5) is 24.5 Å². The van der Waals surface area contributed by atoms with E-state index in [0.29, 0.717) is 32.6 Å². The maximum Gasteiger partial charge on any atom is 0.418 e. The number of halogens is 3. The minimum atomic E-state index is -4.54. The van der Waals surface area contributed by atoms with Crippen LogP contribution in [-0.2, 0) is 20.8 Å². The first-order valence-corrected chi connectivity index (χ1v) is 13.0. The van der Waals surface area contributed by atoms with E-state index >= 15 is 0 Å². The number of anilines is 2. The summed E-state index contributed by atoms with van der Waals surface area (Å²) in [6.45, 7) is 6.23. The fourth-order valence-electron chi connectivity index (χ4n) is 4.80. The molecule has 186 valence electrons. The molecule has 2 aliphatic rings. The van der Waals surface area contributed by atoms with Crippen molar-refractivity contribution in [2.24, 2.45) is 0 Å². The number of para-hydroxylation sites is 1. The number of carbonyl (C=O) groups excluding carboxylic acids is 1. The summed E-state index contributed by atoms with van der Waals surface area (Å²) in [6, 6.07) is 4.78. The van der Waals surface area contributed by atoms with Gasteiger partial charge in [-0.1, -0.05) is 12.1 Å². The van der Waals surface area contributed by atoms with Crippen molar-refractivity contribution in [2.45, 2.75) is 32.5 Å². The molecule has 1 aromatic heterocycles. The molecule has 1 amide bonds. The van der Waals surface area contributed by atoms with Gasteiger partial charge in [-0.25, -0.2) is 8.42 Å². The van der Waals surface area contributed by atoms with Crippen LogP contribution in [0.15, 0.2) is 24.3 Å². The van der Waals surface area contributed by atoms with E-state index in [9.17, 15) is 26.4 Å². The minimum absolute atomic E-state index is 0.00279. The fraction of sp³-hybridized carbons (Fsp3) is 0.545. The average molecular weight is 500 g/mol. The Bertz CT molecular complexity index is 1170. The molecule has 4 rings (SSSR count). The van der Waals surface area contributed by atoms with Gasteiger partial charge in [-0.05, 0) is 32.4 Å². The molecule has 2 aliphatic heterocycles. The predicted octanol–water partition coefficient (Wildman–Crippen LogP) is 2.64. The molecule has 0 bridgehead atoms. The van der Waals surface area contributed by atoms with Crippen LogP contribution in [0.2, 0.25) is 0 Å². The maximum atomic E-state index is 13.2. The van der Waals surface area contributed by atoms with E-state index < -0.39 is 27.5 Å². The summed E-state index contributed by atoms with van der Waals surface area (Å²) >= 11 is 0. The second-order valence-corrected chi connectivity index (χ2v) is 11.1. The summed E-state index contributed by atoms with van der Waals surface area (Å²) in [5, 5.41) is 7.01. The molecule has 1 atom stereocenters. The van der Waals surface area contributed by atoms with E-state index in [1.54, 1.807) is 0 Å². The second-order valence-electron chi connectivity index (χ2n) is 8.88. The molecule has 0 aliphatic carbocycles. The number of amides is 1. The van der Waals surface area contributed by atoms with Crippen LogP contribution in [0.5, 0.6) is 0 Å². The lowest BCUT2D eigenvalue weighted by Gasteiger charge is -2.36. The first-order chi connectivity index (χ1) is 15.9. The lowest BCUT2D eigenvalue weighted by molar-refractivity contribution is -0.137.